The molecule has 3 rings (SSSR count). The van der Waals surface area contributed by atoms with Crippen LogP contribution in [0.4, 0.5) is 5.69 Å². The molecule has 1 aliphatic rings. The maximum Gasteiger partial charge on any atom is 0.272 e. The van der Waals surface area contributed by atoms with Crippen molar-refractivity contribution in [3.05, 3.63) is 63.7 Å². The van der Waals surface area contributed by atoms with Gasteiger partial charge >= 0.3 is 0 Å². The molecule has 0 fully saturated rings. The highest BCUT2D eigenvalue weighted by atomic mass is 16.6. The smallest absolute Gasteiger partial charge is 0.272 e. The molecule has 1 aliphatic heterocycles. The quantitative estimate of drug-likeness (QED) is 0.688. The van der Waals surface area contributed by atoms with E-state index in [0.29, 0.717) is 29.2 Å². The lowest BCUT2D eigenvalue weighted by Crippen LogP contribution is -2.40. The van der Waals surface area contributed by atoms with E-state index >= 15 is 0 Å². The monoisotopic (exact) mass is 328 g/mol. The molecule has 0 saturated carbocycles. The summed E-state index contributed by atoms with van der Waals surface area (Å²) in [7, 11) is 0. The van der Waals surface area contributed by atoms with Gasteiger partial charge in [-0.15, -0.1) is 0 Å². The highest BCUT2D eigenvalue weighted by molar-refractivity contribution is 5.94. The first-order valence-corrected chi connectivity index (χ1v) is 7.46. The fraction of sp³-hybridized carbons (Fsp3) is 0.235. The minimum atomic E-state index is -0.471. The second-order valence-electron chi connectivity index (χ2n) is 5.47. The van der Waals surface area contributed by atoms with Crippen molar-refractivity contribution in [3.63, 3.8) is 0 Å². The van der Waals surface area contributed by atoms with E-state index in [2.05, 4.69) is 5.32 Å². The molecule has 0 saturated heterocycles. The number of aryl methyl sites for hydroxylation is 1. The van der Waals surface area contributed by atoms with Crippen LogP contribution in [0.5, 0.6) is 11.5 Å². The Bertz CT molecular complexity index is 790. The first-order chi connectivity index (χ1) is 11.5. The van der Waals surface area contributed by atoms with Gasteiger partial charge < -0.3 is 14.8 Å². The fourth-order valence-electron chi connectivity index (χ4n) is 2.47. The van der Waals surface area contributed by atoms with Gasteiger partial charge in [-0.05, 0) is 31.2 Å². The molecule has 1 unspecified atom stereocenters. The van der Waals surface area contributed by atoms with E-state index in [0.717, 1.165) is 0 Å². The molecule has 0 spiro atoms. The largest absolute Gasteiger partial charge is 0.486 e. The van der Waals surface area contributed by atoms with Crippen LogP contribution in [-0.2, 0) is 0 Å². The molecule has 1 N–H and O–H groups in total. The van der Waals surface area contributed by atoms with Gasteiger partial charge in [0.25, 0.3) is 11.6 Å². The van der Waals surface area contributed by atoms with Gasteiger partial charge in [0.15, 0.2) is 11.5 Å². The number of nitro benzene ring substituents is 1. The van der Waals surface area contributed by atoms with Gasteiger partial charge in [-0.3, -0.25) is 14.9 Å². The third kappa shape index (κ3) is 3.29. The van der Waals surface area contributed by atoms with E-state index in [4.69, 9.17) is 9.47 Å². The van der Waals surface area contributed by atoms with E-state index in [1.807, 2.05) is 24.3 Å². The maximum atomic E-state index is 12.2. The van der Waals surface area contributed by atoms with Gasteiger partial charge in [-0.1, -0.05) is 12.1 Å². The number of hydrogen-bond donors (Lipinski definition) is 1. The van der Waals surface area contributed by atoms with E-state index in [9.17, 15) is 14.9 Å². The van der Waals surface area contributed by atoms with Crippen LogP contribution in [0.3, 0.4) is 0 Å². The zero-order valence-corrected chi connectivity index (χ0v) is 13.0. The molecular weight excluding hydrogens is 312 g/mol. The molecule has 7 nitrogen and oxygen atoms in total. The van der Waals surface area contributed by atoms with Crippen molar-refractivity contribution >= 4 is 11.6 Å². The van der Waals surface area contributed by atoms with Crippen molar-refractivity contribution in [3.8, 4) is 11.5 Å². The Labute approximate surface area is 138 Å². The van der Waals surface area contributed by atoms with Crippen LogP contribution in [0, 0.1) is 17.0 Å². The average molecular weight is 328 g/mol. The van der Waals surface area contributed by atoms with Crippen molar-refractivity contribution in [2.45, 2.75) is 13.0 Å². The summed E-state index contributed by atoms with van der Waals surface area (Å²) in [5, 5.41) is 13.6. The Morgan fingerprint density at radius 2 is 2.04 bits per heavy atom. The van der Waals surface area contributed by atoms with Crippen LogP contribution in [0.25, 0.3) is 0 Å². The molecule has 0 bridgehead atoms. The fourth-order valence-corrected chi connectivity index (χ4v) is 2.47. The molecule has 0 aromatic heterocycles. The Kier molecular flexibility index (Phi) is 4.33. The number of rotatable bonds is 4. The lowest BCUT2D eigenvalue weighted by Gasteiger charge is -2.26. The zero-order valence-electron chi connectivity index (χ0n) is 13.0. The molecule has 1 heterocycles. The highest BCUT2D eigenvalue weighted by Crippen LogP contribution is 2.30. The maximum absolute atomic E-state index is 12.2. The number of benzene rings is 2. The molecule has 0 radical (unpaired) electrons. The highest BCUT2D eigenvalue weighted by Gasteiger charge is 2.21. The zero-order chi connectivity index (χ0) is 17.1. The molecule has 7 heteroatoms. The van der Waals surface area contributed by atoms with Crippen molar-refractivity contribution in [2.75, 3.05) is 13.2 Å². The van der Waals surface area contributed by atoms with Gasteiger partial charge in [0.1, 0.15) is 12.7 Å². The van der Waals surface area contributed by atoms with Gasteiger partial charge in [0.2, 0.25) is 0 Å². The number of nitro groups is 1. The van der Waals surface area contributed by atoms with Crippen molar-refractivity contribution < 1.29 is 19.2 Å². The number of hydrogen-bond acceptors (Lipinski definition) is 5. The first-order valence-electron chi connectivity index (χ1n) is 7.46. The van der Waals surface area contributed by atoms with Crippen LogP contribution in [0.1, 0.15) is 15.9 Å². The number of nitrogens with one attached hydrogen (secondary N) is 1. The normalized spacial score (nSPS) is 15.6. The summed E-state index contributed by atoms with van der Waals surface area (Å²) < 4.78 is 11.3. The predicted octanol–water partition coefficient (Wildman–Crippen LogP) is 2.47. The van der Waals surface area contributed by atoms with E-state index < -0.39 is 4.92 Å². The number of fused-ring (bicyclic) bond motifs is 1. The number of para-hydroxylation sites is 2. The standard InChI is InChI=1S/C17H16N2O5/c1-11-8-12(6-7-14(11)19(21)22)17(20)18-9-13-10-23-15-4-2-3-5-16(15)24-13/h2-8,13H,9-10H2,1H3,(H,18,20). The lowest BCUT2D eigenvalue weighted by molar-refractivity contribution is -0.385. The number of carbonyl (C=O) groups excluding carboxylic acids is 1. The second kappa shape index (κ2) is 6.57. The van der Waals surface area contributed by atoms with Gasteiger partial charge in [-0.2, -0.15) is 0 Å². The third-order valence-corrected chi connectivity index (χ3v) is 3.71. The molecule has 1 amide bonds. The Morgan fingerprint density at radius 3 is 2.75 bits per heavy atom. The van der Waals surface area contributed by atoms with Crippen LogP contribution < -0.4 is 14.8 Å². The van der Waals surface area contributed by atoms with Crippen LogP contribution in [-0.4, -0.2) is 30.1 Å². The van der Waals surface area contributed by atoms with E-state index in [-0.39, 0.29) is 24.2 Å². The molecule has 2 aromatic rings. The van der Waals surface area contributed by atoms with Crippen molar-refractivity contribution in [2.24, 2.45) is 0 Å². The summed E-state index contributed by atoms with van der Waals surface area (Å²) >= 11 is 0. The van der Waals surface area contributed by atoms with Gasteiger partial charge in [-0.25, -0.2) is 0 Å². The molecule has 24 heavy (non-hydrogen) atoms. The number of carbonyl (C=O) groups is 1. The molecule has 0 aliphatic carbocycles. The number of ether oxygens (including phenoxy) is 2. The summed E-state index contributed by atoms with van der Waals surface area (Å²) in [6.45, 7) is 2.23. The first kappa shape index (κ1) is 15.8. The summed E-state index contributed by atoms with van der Waals surface area (Å²) in [5.41, 5.74) is 0.807. The molecule has 124 valence electrons. The summed E-state index contributed by atoms with van der Waals surface area (Å²) in [5.74, 6) is 1.02. The van der Waals surface area contributed by atoms with E-state index in [1.165, 1.54) is 18.2 Å². The van der Waals surface area contributed by atoms with E-state index in [1.54, 1.807) is 6.92 Å². The number of nitrogens with zero attached hydrogens (tertiary/aromatic N) is 1. The van der Waals surface area contributed by atoms with Gasteiger partial charge in [0, 0.05) is 17.2 Å². The lowest BCUT2D eigenvalue weighted by atomic mass is 10.1. The van der Waals surface area contributed by atoms with Crippen LogP contribution in [0.2, 0.25) is 0 Å². The molecular formula is C17H16N2O5. The Hall–Kier alpha value is -3.09. The minimum Gasteiger partial charge on any atom is -0.486 e. The summed E-state index contributed by atoms with van der Waals surface area (Å²) in [6, 6.07) is 11.6. The average Bonchev–Trinajstić information content (AvgIpc) is 2.59. The van der Waals surface area contributed by atoms with Gasteiger partial charge in [0.05, 0.1) is 11.5 Å². The SMILES string of the molecule is Cc1cc(C(=O)NCC2COc3ccccc3O2)ccc1[N+](=O)[O-]. The van der Waals surface area contributed by atoms with Crippen molar-refractivity contribution in [1.29, 1.82) is 0 Å². The topological polar surface area (TPSA) is 90.7 Å². The summed E-state index contributed by atoms with van der Waals surface area (Å²) in [6.07, 6.45) is -0.289. The Balaban J connectivity index is 1.60. The number of amides is 1. The Morgan fingerprint density at radius 1 is 1.29 bits per heavy atom. The van der Waals surface area contributed by atoms with Crippen LogP contribution in [0.15, 0.2) is 42.5 Å². The predicted molar refractivity (Wildman–Crippen MR) is 86.5 cm³/mol. The minimum absolute atomic E-state index is 0.00725. The third-order valence-electron chi connectivity index (χ3n) is 3.71. The second-order valence-corrected chi connectivity index (χ2v) is 5.47. The molecule has 1 atom stereocenters. The van der Waals surface area contributed by atoms with Crippen molar-refractivity contribution in [1.82, 2.24) is 5.32 Å². The molecule has 2 aromatic carbocycles. The summed E-state index contributed by atoms with van der Waals surface area (Å²) in [4.78, 5) is 22.5. The van der Waals surface area contributed by atoms with Crippen LogP contribution >= 0.6 is 0 Å².